The topological polar surface area (TPSA) is 82.2 Å². The summed E-state index contributed by atoms with van der Waals surface area (Å²) in [5.41, 5.74) is 0.310. The summed E-state index contributed by atoms with van der Waals surface area (Å²) in [5.74, 6) is -0.453. The Morgan fingerprint density at radius 1 is 1.19 bits per heavy atom. The number of carbonyl (C=O) groups is 3. The largest absolute Gasteiger partial charge is 0.444 e. The van der Waals surface area contributed by atoms with Crippen LogP contribution in [0.5, 0.6) is 0 Å². The molecule has 3 amide bonds. The number of halogens is 1. The second-order valence-corrected chi connectivity index (χ2v) is 9.90. The van der Waals surface area contributed by atoms with Gasteiger partial charge in [-0.2, -0.15) is 0 Å². The predicted octanol–water partition coefficient (Wildman–Crippen LogP) is 2.47. The van der Waals surface area contributed by atoms with E-state index in [0.717, 1.165) is 23.2 Å². The lowest BCUT2D eigenvalue weighted by Crippen LogP contribution is -2.51. The van der Waals surface area contributed by atoms with E-state index >= 15 is 0 Å². The first-order chi connectivity index (χ1) is 14.6. The Morgan fingerprint density at radius 3 is 2.55 bits per heavy atom. The number of hydrogen-bond donors (Lipinski definition) is 1. The molecule has 2 saturated heterocycles. The second kappa shape index (κ2) is 9.99. The normalized spacial score (nSPS) is 20.1. The number of rotatable bonds is 5. The van der Waals surface area contributed by atoms with Gasteiger partial charge in [0.05, 0.1) is 5.92 Å². The highest BCUT2D eigenvalue weighted by molar-refractivity contribution is 9.10. The summed E-state index contributed by atoms with van der Waals surface area (Å²) in [6.07, 6.45) is -0.0474. The summed E-state index contributed by atoms with van der Waals surface area (Å²) >= 11 is 3.42. The van der Waals surface area contributed by atoms with Gasteiger partial charge in [0.15, 0.2) is 0 Å². The number of amides is 3. The Bertz CT molecular complexity index is 818. The van der Waals surface area contributed by atoms with Gasteiger partial charge in [0.1, 0.15) is 5.60 Å². The van der Waals surface area contributed by atoms with Crippen LogP contribution in [-0.2, 0) is 14.3 Å². The number of hydrogen-bond acceptors (Lipinski definition) is 5. The number of anilines is 1. The van der Waals surface area contributed by atoms with Gasteiger partial charge in [-0.15, -0.1) is 0 Å². The number of piperazine rings is 1. The highest BCUT2D eigenvalue weighted by Gasteiger charge is 2.35. The Labute approximate surface area is 192 Å². The maximum absolute atomic E-state index is 12.6. The fourth-order valence-electron chi connectivity index (χ4n) is 3.74. The Balaban J connectivity index is 1.38. The molecule has 2 aliphatic heterocycles. The first-order valence-corrected chi connectivity index (χ1v) is 11.5. The van der Waals surface area contributed by atoms with Crippen LogP contribution in [0.3, 0.4) is 0 Å². The monoisotopic (exact) mass is 494 g/mol. The van der Waals surface area contributed by atoms with Gasteiger partial charge in [-0.25, -0.2) is 4.79 Å². The molecule has 2 fully saturated rings. The van der Waals surface area contributed by atoms with E-state index in [-0.39, 0.29) is 30.2 Å². The van der Waals surface area contributed by atoms with E-state index in [2.05, 4.69) is 26.1 Å². The molecule has 1 atom stereocenters. The zero-order chi connectivity index (χ0) is 22.6. The van der Waals surface area contributed by atoms with Crippen molar-refractivity contribution >= 4 is 39.5 Å². The molecule has 8 nitrogen and oxygen atoms in total. The van der Waals surface area contributed by atoms with Crippen LogP contribution in [0.1, 0.15) is 27.2 Å². The Kier molecular flexibility index (Phi) is 7.59. The van der Waals surface area contributed by atoms with Gasteiger partial charge < -0.3 is 19.9 Å². The van der Waals surface area contributed by atoms with Crippen molar-refractivity contribution in [2.45, 2.75) is 32.8 Å². The van der Waals surface area contributed by atoms with Crippen LogP contribution in [0, 0.1) is 5.92 Å². The predicted molar refractivity (Wildman–Crippen MR) is 122 cm³/mol. The first kappa shape index (κ1) is 23.5. The summed E-state index contributed by atoms with van der Waals surface area (Å²) in [6, 6.07) is 7.54. The average Bonchev–Trinajstić information content (AvgIpc) is 3.09. The SMILES string of the molecule is CC(C)(C)OC(=O)N1CCN(CCNC(=O)C2CC(=O)N(c3cccc(Br)c3)C2)CC1. The van der Waals surface area contributed by atoms with Crippen molar-refractivity contribution in [3.63, 3.8) is 0 Å². The van der Waals surface area contributed by atoms with Gasteiger partial charge in [0.25, 0.3) is 0 Å². The standard InChI is InChI=1S/C22H31BrN4O4/c1-22(2,3)31-21(30)26-11-9-25(10-12-26)8-7-24-20(29)16-13-19(28)27(15-16)18-6-4-5-17(23)14-18/h4-6,14,16H,7-13,15H2,1-3H3,(H,24,29). The van der Waals surface area contributed by atoms with E-state index < -0.39 is 5.60 Å². The molecule has 2 heterocycles. The van der Waals surface area contributed by atoms with Crippen LogP contribution in [0.15, 0.2) is 28.7 Å². The molecule has 170 valence electrons. The van der Waals surface area contributed by atoms with Gasteiger partial charge in [-0.3, -0.25) is 14.5 Å². The molecule has 1 N–H and O–H groups in total. The summed E-state index contributed by atoms with van der Waals surface area (Å²) in [6.45, 7) is 9.93. The van der Waals surface area contributed by atoms with E-state index in [1.54, 1.807) is 9.80 Å². The number of nitrogens with one attached hydrogen (secondary N) is 1. The molecule has 0 saturated carbocycles. The van der Waals surface area contributed by atoms with Crippen molar-refractivity contribution in [1.82, 2.24) is 15.1 Å². The Morgan fingerprint density at radius 2 is 1.90 bits per heavy atom. The van der Waals surface area contributed by atoms with Gasteiger partial charge in [-0.05, 0) is 39.0 Å². The molecule has 2 aliphatic rings. The summed E-state index contributed by atoms with van der Waals surface area (Å²) in [4.78, 5) is 42.7. The quantitative estimate of drug-likeness (QED) is 0.679. The molecule has 1 aromatic carbocycles. The minimum atomic E-state index is -0.493. The molecule has 31 heavy (non-hydrogen) atoms. The highest BCUT2D eigenvalue weighted by atomic mass is 79.9. The van der Waals surface area contributed by atoms with Crippen LogP contribution in [0.25, 0.3) is 0 Å². The van der Waals surface area contributed by atoms with Crippen molar-refractivity contribution < 1.29 is 19.1 Å². The van der Waals surface area contributed by atoms with Gasteiger partial charge in [-0.1, -0.05) is 22.0 Å². The van der Waals surface area contributed by atoms with Crippen LogP contribution < -0.4 is 10.2 Å². The minimum Gasteiger partial charge on any atom is -0.444 e. The molecule has 3 rings (SSSR count). The van der Waals surface area contributed by atoms with E-state index in [0.29, 0.717) is 32.7 Å². The summed E-state index contributed by atoms with van der Waals surface area (Å²) in [5, 5.41) is 2.97. The van der Waals surface area contributed by atoms with Gasteiger partial charge in [0, 0.05) is 62.4 Å². The fraction of sp³-hybridized carbons (Fsp3) is 0.591. The zero-order valence-electron chi connectivity index (χ0n) is 18.4. The fourth-order valence-corrected chi connectivity index (χ4v) is 4.13. The maximum atomic E-state index is 12.6. The third-order valence-electron chi connectivity index (χ3n) is 5.37. The molecule has 9 heteroatoms. The molecular weight excluding hydrogens is 464 g/mol. The molecule has 0 aromatic heterocycles. The van der Waals surface area contributed by atoms with E-state index in [1.807, 2.05) is 45.0 Å². The molecule has 0 radical (unpaired) electrons. The van der Waals surface area contributed by atoms with Crippen LogP contribution in [0.2, 0.25) is 0 Å². The Hall–Kier alpha value is -2.13. The number of ether oxygens (including phenoxy) is 1. The molecule has 1 unspecified atom stereocenters. The van der Waals surface area contributed by atoms with Crippen molar-refractivity contribution in [1.29, 1.82) is 0 Å². The van der Waals surface area contributed by atoms with Crippen LogP contribution in [-0.4, -0.2) is 79.1 Å². The minimum absolute atomic E-state index is 0.0310. The number of benzene rings is 1. The zero-order valence-corrected chi connectivity index (χ0v) is 20.0. The molecule has 1 aromatic rings. The lowest BCUT2D eigenvalue weighted by Gasteiger charge is -2.35. The van der Waals surface area contributed by atoms with Crippen LogP contribution in [0.4, 0.5) is 10.5 Å². The average molecular weight is 495 g/mol. The third-order valence-corrected chi connectivity index (χ3v) is 5.86. The molecular formula is C22H31BrN4O4. The van der Waals surface area contributed by atoms with Crippen molar-refractivity contribution in [2.24, 2.45) is 5.92 Å². The summed E-state index contributed by atoms with van der Waals surface area (Å²) < 4.78 is 6.32. The maximum Gasteiger partial charge on any atom is 0.410 e. The van der Waals surface area contributed by atoms with Gasteiger partial charge in [0.2, 0.25) is 11.8 Å². The number of nitrogens with zero attached hydrogens (tertiary/aromatic N) is 3. The lowest BCUT2D eigenvalue weighted by atomic mass is 10.1. The van der Waals surface area contributed by atoms with Crippen molar-refractivity contribution in [2.75, 3.05) is 50.7 Å². The molecule has 0 spiro atoms. The van der Waals surface area contributed by atoms with Gasteiger partial charge >= 0.3 is 6.09 Å². The molecule has 0 aliphatic carbocycles. The van der Waals surface area contributed by atoms with Crippen molar-refractivity contribution in [3.8, 4) is 0 Å². The van der Waals surface area contributed by atoms with E-state index in [4.69, 9.17) is 4.74 Å². The number of carbonyl (C=O) groups excluding carboxylic acids is 3. The third kappa shape index (κ3) is 6.67. The summed E-state index contributed by atoms with van der Waals surface area (Å²) in [7, 11) is 0. The van der Waals surface area contributed by atoms with Crippen molar-refractivity contribution in [3.05, 3.63) is 28.7 Å². The smallest absolute Gasteiger partial charge is 0.410 e. The van der Waals surface area contributed by atoms with E-state index in [1.165, 1.54) is 0 Å². The van der Waals surface area contributed by atoms with E-state index in [9.17, 15) is 14.4 Å². The lowest BCUT2D eigenvalue weighted by molar-refractivity contribution is -0.126. The van der Waals surface area contributed by atoms with Crippen LogP contribution >= 0.6 is 15.9 Å². The first-order valence-electron chi connectivity index (χ1n) is 10.7. The second-order valence-electron chi connectivity index (χ2n) is 8.99. The molecule has 0 bridgehead atoms. The highest BCUT2D eigenvalue weighted by Crippen LogP contribution is 2.27.